The predicted molar refractivity (Wildman–Crippen MR) is 54.5 cm³/mol. The third-order valence-electron chi connectivity index (χ3n) is 1.76. The fraction of sp³-hybridized carbons (Fsp3) is 0.545. The molecule has 1 unspecified atom stereocenters. The summed E-state index contributed by atoms with van der Waals surface area (Å²) in [4.78, 5) is 9.94. The van der Waals surface area contributed by atoms with Crippen LogP contribution >= 0.6 is 0 Å². The number of rotatable bonds is 8. The van der Waals surface area contributed by atoms with E-state index in [0.717, 1.165) is 32.0 Å². The molecule has 0 aromatic rings. The summed E-state index contributed by atoms with van der Waals surface area (Å²) >= 11 is 0. The molecule has 0 radical (unpaired) electrons. The summed E-state index contributed by atoms with van der Waals surface area (Å²) in [6, 6.07) is 0. The van der Waals surface area contributed by atoms with Gasteiger partial charge in [0.15, 0.2) is 0 Å². The molecule has 1 N–H and O–H groups in total. The van der Waals surface area contributed by atoms with Gasteiger partial charge >= 0.3 is 0 Å². The number of aliphatic hydroxyl groups excluding tert-OH is 1. The zero-order chi connectivity index (χ0) is 9.94. The minimum Gasteiger partial charge on any atom is -0.389 e. The molecule has 0 saturated carbocycles. The molecule has 2 heteroatoms. The smallest absolute Gasteiger partial charge is 0.120 e. The SMILES string of the molecule is C=CC(O)CCCC=CCCC=O. The normalized spacial score (nSPS) is 13.0. The van der Waals surface area contributed by atoms with E-state index in [1.54, 1.807) is 6.08 Å². The molecule has 0 aromatic carbocycles. The summed E-state index contributed by atoms with van der Waals surface area (Å²) in [5.41, 5.74) is 0. The van der Waals surface area contributed by atoms with E-state index >= 15 is 0 Å². The van der Waals surface area contributed by atoms with E-state index in [9.17, 15) is 4.79 Å². The number of carbonyl (C=O) groups excluding carboxylic acids is 1. The van der Waals surface area contributed by atoms with Gasteiger partial charge < -0.3 is 9.90 Å². The molecule has 0 rings (SSSR count). The average molecular weight is 182 g/mol. The van der Waals surface area contributed by atoms with Gasteiger partial charge in [-0.05, 0) is 25.7 Å². The van der Waals surface area contributed by atoms with Crippen molar-refractivity contribution in [2.45, 2.75) is 38.2 Å². The highest BCUT2D eigenvalue weighted by atomic mass is 16.3. The molecule has 0 heterocycles. The van der Waals surface area contributed by atoms with Crippen molar-refractivity contribution in [2.24, 2.45) is 0 Å². The summed E-state index contributed by atoms with van der Waals surface area (Å²) in [6.45, 7) is 3.49. The number of hydrogen-bond acceptors (Lipinski definition) is 2. The molecule has 2 nitrogen and oxygen atoms in total. The zero-order valence-corrected chi connectivity index (χ0v) is 7.98. The first kappa shape index (κ1) is 12.1. The van der Waals surface area contributed by atoms with Crippen LogP contribution in [0.3, 0.4) is 0 Å². The first-order valence-electron chi connectivity index (χ1n) is 4.70. The van der Waals surface area contributed by atoms with E-state index in [1.807, 2.05) is 6.08 Å². The van der Waals surface area contributed by atoms with Gasteiger partial charge in [0.2, 0.25) is 0 Å². The standard InChI is InChI=1S/C11H18O2/c1-2-11(13)9-7-5-3-4-6-8-10-12/h2-4,10-11,13H,1,5-9H2. The van der Waals surface area contributed by atoms with E-state index in [0.29, 0.717) is 6.42 Å². The second-order valence-corrected chi connectivity index (χ2v) is 2.95. The highest BCUT2D eigenvalue weighted by molar-refractivity contribution is 5.49. The minimum atomic E-state index is -0.372. The lowest BCUT2D eigenvalue weighted by Crippen LogP contribution is -1.99. The van der Waals surface area contributed by atoms with Crippen LogP contribution in [-0.2, 0) is 4.79 Å². The molecule has 0 amide bonds. The first-order chi connectivity index (χ1) is 6.31. The molecule has 0 fully saturated rings. The van der Waals surface area contributed by atoms with Crippen LogP contribution < -0.4 is 0 Å². The van der Waals surface area contributed by atoms with Crippen LogP contribution in [0.15, 0.2) is 24.8 Å². The Bertz CT molecular complexity index is 161. The maximum atomic E-state index is 9.94. The largest absolute Gasteiger partial charge is 0.389 e. The highest BCUT2D eigenvalue weighted by Crippen LogP contribution is 2.02. The molecule has 0 spiro atoms. The molecule has 0 saturated heterocycles. The lowest BCUT2D eigenvalue weighted by Gasteiger charge is -2.01. The Morgan fingerprint density at radius 3 is 2.54 bits per heavy atom. The second-order valence-electron chi connectivity index (χ2n) is 2.95. The highest BCUT2D eigenvalue weighted by Gasteiger charge is 1.94. The summed E-state index contributed by atoms with van der Waals surface area (Å²) in [5, 5.41) is 9.11. The van der Waals surface area contributed by atoms with Crippen LogP contribution in [0.1, 0.15) is 32.1 Å². The van der Waals surface area contributed by atoms with Crippen LogP contribution in [0, 0.1) is 0 Å². The topological polar surface area (TPSA) is 37.3 Å². The van der Waals surface area contributed by atoms with Crippen molar-refractivity contribution in [3.05, 3.63) is 24.8 Å². The maximum Gasteiger partial charge on any atom is 0.120 e. The summed E-state index contributed by atoms with van der Waals surface area (Å²) in [7, 11) is 0. The quantitative estimate of drug-likeness (QED) is 0.355. The van der Waals surface area contributed by atoms with Crippen molar-refractivity contribution >= 4 is 6.29 Å². The molecular weight excluding hydrogens is 164 g/mol. The molecule has 0 aliphatic rings. The molecule has 0 bridgehead atoms. The number of carbonyl (C=O) groups is 1. The van der Waals surface area contributed by atoms with Crippen molar-refractivity contribution in [2.75, 3.05) is 0 Å². The second kappa shape index (κ2) is 9.20. The maximum absolute atomic E-state index is 9.94. The van der Waals surface area contributed by atoms with Crippen molar-refractivity contribution in [1.82, 2.24) is 0 Å². The van der Waals surface area contributed by atoms with Crippen LogP contribution in [0.5, 0.6) is 0 Å². The van der Waals surface area contributed by atoms with Gasteiger partial charge in [0, 0.05) is 6.42 Å². The number of aliphatic hydroxyl groups is 1. The van der Waals surface area contributed by atoms with Crippen LogP contribution in [0.25, 0.3) is 0 Å². The molecular formula is C11H18O2. The number of allylic oxidation sites excluding steroid dienone is 2. The van der Waals surface area contributed by atoms with Gasteiger partial charge in [0.05, 0.1) is 6.10 Å². The number of hydrogen-bond donors (Lipinski definition) is 1. The lowest BCUT2D eigenvalue weighted by atomic mass is 10.1. The Morgan fingerprint density at radius 1 is 1.23 bits per heavy atom. The molecule has 74 valence electrons. The Kier molecular flexibility index (Phi) is 8.57. The zero-order valence-electron chi connectivity index (χ0n) is 7.98. The van der Waals surface area contributed by atoms with Crippen LogP contribution in [0.4, 0.5) is 0 Å². The van der Waals surface area contributed by atoms with E-state index in [4.69, 9.17) is 5.11 Å². The molecule has 0 aromatic heterocycles. The predicted octanol–water partition coefficient (Wildman–Crippen LogP) is 2.24. The van der Waals surface area contributed by atoms with Gasteiger partial charge in [-0.2, -0.15) is 0 Å². The Labute approximate surface area is 80.0 Å². The van der Waals surface area contributed by atoms with Gasteiger partial charge in [-0.3, -0.25) is 0 Å². The molecule has 1 atom stereocenters. The third kappa shape index (κ3) is 9.02. The Hall–Kier alpha value is -0.890. The van der Waals surface area contributed by atoms with Crippen molar-refractivity contribution in [1.29, 1.82) is 0 Å². The lowest BCUT2D eigenvalue weighted by molar-refractivity contribution is -0.107. The Morgan fingerprint density at radius 2 is 1.92 bits per heavy atom. The molecule has 0 aliphatic carbocycles. The minimum absolute atomic E-state index is 0.372. The summed E-state index contributed by atoms with van der Waals surface area (Å²) in [5.74, 6) is 0. The summed E-state index contributed by atoms with van der Waals surface area (Å²) < 4.78 is 0. The van der Waals surface area contributed by atoms with Crippen molar-refractivity contribution in [3.63, 3.8) is 0 Å². The van der Waals surface area contributed by atoms with Gasteiger partial charge in [0.25, 0.3) is 0 Å². The first-order valence-corrected chi connectivity index (χ1v) is 4.70. The average Bonchev–Trinajstić information content (AvgIpc) is 2.16. The van der Waals surface area contributed by atoms with Gasteiger partial charge in [-0.15, -0.1) is 6.58 Å². The monoisotopic (exact) mass is 182 g/mol. The van der Waals surface area contributed by atoms with Gasteiger partial charge in [-0.25, -0.2) is 0 Å². The number of aldehydes is 1. The van der Waals surface area contributed by atoms with E-state index in [-0.39, 0.29) is 6.10 Å². The van der Waals surface area contributed by atoms with Gasteiger partial charge in [-0.1, -0.05) is 18.2 Å². The van der Waals surface area contributed by atoms with Gasteiger partial charge in [0.1, 0.15) is 6.29 Å². The molecule has 0 aliphatic heterocycles. The van der Waals surface area contributed by atoms with E-state index in [2.05, 4.69) is 12.7 Å². The van der Waals surface area contributed by atoms with E-state index in [1.165, 1.54) is 0 Å². The van der Waals surface area contributed by atoms with Crippen molar-refractivity contribution < 1.29 is 9.90 Å². The van der Waals surface area contributed by atoms with E-state index < -0.39 is 0 Å². The van der Waals surface area contributed by atoms with Crippen LogP contribution in [-0.4, -0.2) is 17.5 Å². The number of unbranched alkanes of at least 4 members (excludes halogenated alkanes) is 2. The fourth-order valence-electron chi connectivity index (χ4n) is 0.963. The molecule has 13 heavy (non-hydrogen) atoms. The fourth-order valence-corrected chi connectivity index (χ4v) is 0.963. The summed E-state index contributed by atoms with van der Waals surface area (Å²) in [6.07, 6.45) is 10.3. The van der Waals surface area contributed by atoms with Crippen molar-refractivity contribution in [3.8, 4) is 0 Å². The van der Waals surface area contributed by atoms with Crippen LogP contribution in [0.2, 0.25) is 0 Å². The Balaban J connectivity index is 3.19. The third-order valence-corrected chi connectivity index (χ3v) is 1.76.